The number of hydrogen-bond donors (Lipinski definition) is 1. The van der Waals surface area contributed by atoms with Gasteiger partial charge in [0.1, 0.15) is 5.75 Å². The van der Waals surface area contributed by atoms with Gasteiger partial charge in [0.15, 0.2) is 0 Å². The number of nitrogens with zero attached hydrogens (tertiary/aromatic N) is 1. The van der Waals surface area contributed by atoms with E-state index in [2.05, 4.69) is 29.6 Å². The number of benzene rings is 1. The quantitative estimate of drug-likeness (QED) is 0.880. The molecule has 1 aromatic carbocycles. The summed E-state index contributed by atoms with van der Waals surface area (Å²) in [5, 5.41) is 12.5. The summed E-state index contributed by atoms with van der Waals surface area (Å²) >= 11 is 0. The van der Waals surface area contributed by atoms with Crippen molar-refractivity contribution in [3.63, 3.8) is 0 Å². The zero-order chi connectivity index (χ0) is 13.1. The van der Waals surface area contributed by atoms with Crippen LogP contribution in [0.5, 0.6) is 5.75 Å². The molecule has 1 fully saturated rings. The van der Waals surface area contributed by atoms with E-state index in [-0.39, 0.29) is 5.92 Å². The summed E-state index contributed by atoms with van der Waals surface area (Å²) in [6, 6.07) is 9.33. The van der Waals surface area contributed by atoms with Gasteiger partial charge in [0.2, 0.25) is 0 Å². The highest BCUT2D eigenvalue weighted by Gasteiger charge is 2.21. The highest BCUT2D eigenvalue weighted by molar-refractivity contribution is 5.52. The van der Waals surface area contributed by atoms with Crippen LogP contribution < -0.4 is 10.1 Å². The van der Waals surface area contributed by atoms with Crippen molar-refractivity contribution in [3.8, 4) is 11.8 Å². The van der Waals surface area contributed by atoms with Crippen molar-refractivity contribution in [3.05, 3.63) is 23.8 Å². The van der Waals surface area contributed by atoms with Gasteiger partial charge in [-0.1, -0.05) is 0 Å². The van der Waals surface area contributed by atoms with E-state index in [0.29, 0.717) is 6.04 Å². The Kier molecular flexibility index (Phi) is 3.59. The molecular formula is C16H20N2O. The molecule has 100 valence electrons. The summed E-state index contributed by atoms with van der Waals surface area (Å²) < 4.78 is 5.63. The smallest absolute Gasteiger partial charge is 0.122 e. The lowest BCUT2D eigenvalue weighted by atomic mass is 9.87. The second kappa shape index (κ2) is 5.52. The first-order valence-corrected chi connectivity index (χ1v) is 7.27. The van der Waals surface area contributed by atoms with Gasteiger partial charge in [-0.3, -0.25) is 0 Å². The van der Waals surface area contributed by atoms with Crippen LogP contribution in [-0.4, -0.2) is 12.6 Å². The van der Waals surface area contributed by atoms with E-state index < -0.39 is 0 Å². The molecule has 0 unspecified atom stereocenters. The Morgan fingerprint density at radius 3 is 2.84 bits per heavy atom. The zero-order valence-corrected chi connectivity index (χ0v) is 11.2. The number of aryl methyl sites for hydroxylation is 1. The highest BCUT2D eigenvalue weighted by Crippen LogP contribution is 2.30. The minimum atomic E-state index is 0.273. The fourth-order valence-corrected chi connectivity index (χ4v) is 3.05. The second-order valence-corrected chi connectivity index (χ2v) is 5.60. The van der Waals surface area contributed by atoms with Crippen LogP contribution in [-0.2, 0) is 6.42 Å². The van der Waals surface area contributed by atoms with Crippen molar-refractivity contribution >= 4 is 5.69 Å². The Hall–Kier alpha value is -1.69. The number of nitrogens with one attached hydrogen (secondary N) is 1. The first kappa shape index (κ1) is 12.3. The van der Waals surface area contributed by atoms with Crippen molar-refractivity contribution < 1.29 is 4.74 Å². The Morgan fingerprint density at radius 2 is 2.05 bits per heavy atom. The Balaban J connectivity index is 1.63. The van der Waals surface area contributed by atoms with Gasteiger partial charge in [-0.15, -0.1) is 0 Å². The summed E-state index contributed by atoms with van der Waals surface area (Å²) in [5.41, 5.74) is 2.52. The zero-order valence-electron chi connectivity index (χ0n) is 11.2. The van der Waals surface area contributed by atoms with Crippen LogP contribution in [0.25, 0.3) is 0 Å². The van der Waals surface area contributed by atoms with E-state index in [9.17, 15) is 0 Å². The SMILES string of the molecule is N#CC1CCC(Nc2ccc3c(c2)CCCO3)CC1. The molecular weight excluding hydrogens is 236 g/mol. The molecule has 1 aliphatic heterocycles. The highest BCUT2D eigenvalue weighted by atomic mass is 16.5. The minimum absolute atomic E-state index is 0.273. The van der Waals surface area contributed by atoms with Crippen LogP contribution in [0.3, 0.4) is 0 Å². The fourth-order valence-electron chi connectivity index (χ4n) is 3.05. The fraction of sp³-hybridized carbons (Fsp3) is 0.562. The number of anilines is 1. The Labute approximate surface area is 114 Å². The third kappa shape index (κ3) is 2.84. The molecule has 0 saturated heterocycles. The number of fused-ring (bicyclic) bond motifs is 1. The molecule has 0 amide bonds. The average molecular weight is 256 g/mol. The summed E-state index contributed by atoms with van der Waals surface area (Å²) in [6.07, 6.45) is 6.50. The lowest BCUT2D eigenvalue weighted by Crippen LogP contribution is -2.25. The largest absolute Gasteiger partial charge is 0.493 e. The van der Waals surface area contributed by atoms with Crippen LogP contribution >= 0.6 is 0 Å². The monoisotopic (exact) mass is 256 g/mol. The first-order chi connectivity index (χ1) is 9.35. The van der Waals surface area contributed by atoms with E-state index in [1.165, 1.54) is 11.3 Å². The van der Waals surface area contributed by atoms with Gasteiger partial charge < -0.3 is 10.1 Å². The van der Waals surface area contributed by atoms with Crippen LogP contribution in [0.1, 0.15) is 37.7 Å². The van der Waals surface area contributed by atoms with Gasteiger partial charge in [-0.25, -0.2) is 0 Å². The molecule has 2 aliphatic rings. The third-order valence-electron chi connectivity index (χ3n) is 4.19. The molecule has 1 saturated carbocycles. The summed E-state index contributed by atoms with van der Waals surface area (Å²) in [7, 11) is 0. The van der Waals surface area contributed by atoms with Crippen molar-refractivity contribution in [2.45, 2.75) is 44.6 Å². The molecule has 0 spiro atoms. The number of rotatable bonds is 2. The van der Waals surface area contributed by atoms with Crippen LogP contribution in [0.15, 0.2) is 18.2 Å². The number of nitriles is 1. The van der Waals surface area contributed by atoms with Gasteiger partial charge in [-0.2, -0.15) is 5.26 Å². The van der Waals surface area contributed by atoms with E-state index in [1.807, 2.05) is 0 Å². The summed E-state index contributed by atoms with van der Waals surface area (Å²) in [4.78, 5) is 0. The molecule has 0 aromatic heterocycles. The Morgan fingerprint density at radius 1 is 1.21 bits per heavy atom. The Bertz CT molecular complexity index is 484. The predicted molar refractivity (Wildman–Crippen MR) is 75.2 cm³/mol. The third-order valence-corrected chi connectivity index (χ3v) is 4.19. The van der Waals surface area contributed by atoms with Gasteiger partial charge in [0.05, 0.1) is 12.7 Å². The molecule has 19 heavy (non-hydrogen) atoms. The van der Waals surface area contributed by atoms with E-state index >= 15 is 0 Å². The van der Waals surface area contributed by atoms with Crippen LogP contribution in [0, 0.1) is 17.2 Å². The molecule has 3 heteroatoms. The van der Waals surface area contributed by atoms with E-state index in [1.54, 1.807) is 0 Å². The minimum Gasteiger partial charge on any atom is -0.493 e. The van der Waals surface area contributed by atoms with E-state index in [4.69, 9.17) is 10.00 Å². The van der Waals surface area contributed by atoms with Crippen LogP contribution in [0.4, 0.5) is 5.69 Å². The van der Waals surface area contributed by atoms with Gasteiger partial charge in [0, 0.05) is 17.6 Å². The lowest BCUT2D eigenvalue weighted by molar-refractivity contribution is 0.288. The maximum Gasteiger partial charge on any atom is 0.122 e. The standard InChI is InChI=1S/C16H20N2O/c17-11-12-3-5-14(6-4-12)18-15-7-8-16-13(10-15)2-1-9-19-16/h7-8,10,12,14,18H,1-6,9H2. The maximum absolute atomic E-state index is 8.92. The molecule has 0 atom stereocenters. The van der Waals surface area contributed by atoms with Crippen molar-refractivity contribution in [1.29, 1.82) is 5.26 Å². The normalized spacial score (nSPS) is 25.8. The maximum atomic E-state index is 8.92. The molecule has 1 N–H and O–H groups in total. The molecule has 3 rings (SSSR count). The summed E-state index contributed by atoms with van der Waals surface area (Å²) in [5.74, 6) is 1.32. The molecule has 1 heterocycles. The number of hydrogen-bond acceptors (Lipinski definition) is 3. The average Bonchev–Trinajstić information content (AvgIpc) is 2.48. The molecule has 0 bridgehead atoms. The van der Waals surface area contributed by atoms with Gasteiger partial charge in [0.25, 0.3) is 0 Å². The molecule has 0 radical (unpaired) electrons. The van der Waals surface area contributed by atoms with Crippen molar-refractivity contribution in [2.75, 3.05) is 11.9 Å². The van der Waals surface area contributed by atoms with Crippen molar-refractivity contribution in [2.24, 2.45) is 5.92 Å². The molecule has 3 nitrogen and oxygen atoms in total. The summed E-state index contributed by atoms with van der Waals surface area (Å²) in [6.45, 7) is 0.845. The molecule has 1 aromatic rings. The first-order valence-electron chi connectivity index (χ1n) is 7.27. The van der Waals surface area contributed by atoms with E-state index in [0.717, 1.165) is 50.9 Å². The predicted octanol–water partition coefficient (Wildman–Crippen LogP) is 3.51. The lowest BCUT2D eigenvalue weighted by Gasteiger charge is -2.27. The molecule has 1 aliphatic carbocycles. The second-order valence-electron chi connectivity index (χ2n) is 5.60. The van der Waals surface area contributed by atoms with Gasteiger partial charge in [-0.05, 0) is 62.3 Å². The van der Waals surface area contributed by atoms with Crippen molar-refractivity contribution in [1.82, 2.24) is 0 Å². The number of ether oxygens (including phenoxy) is 1. The van der Waals surface area contributed by atoms with Gasteiger partial charge >= 0.3 is 0 Å². The topological polar surface area (TPSA) is 45.0 Å². The van der Waals surface area contributed by atoms with Crippen LogP contribution in [0.2, 0.25) is 0 Å².